The summed E-state index contributed by atoms with van der Waals surface area (Å²) in [5, 5.41) is 0.458. The number of benzene rings is 1. The number of hydrogen-bond donors (Lipinski definition) is 0. The minimum absolute atomic E-state index is 0.0770. The fourth-order valence-electron chi connectivity index (χ4n) is 2.60. The van der Waals surface area contributed by atoms with Gasteiger partial charge in [0.25, 0.3) is 5.91 Å². The molecule has 1 saturated heterocycles. The van der Waals surface area contributed by atoms with Crippen LogP contribution in [0.5, 0.6) is 5.75 Å². The minimum atomic E-state index is -0.620. The third-order valence-electron chi connectivity index (χ3n) is 3.89. The number of β-lactam (4-membered cyclic amide) rings is 1. The maximum Gasteiger partial charge on any atom is 0.356 e. The third-order valence-corrected chi connectivity index (χ3v) is 5.78. The Bertz CT molecular complexity index is 784. The number of fused-ring (bicyclic) bond motifs is 1. The number of hydrogen-bond acceptors (Lipinski definition) is 5. The maximum absolute atomic E-state index is 12.5. The lowest BCUT2D eigenvalue weighted by Gasteiger charge is -2.45. The van der Waals surface area contributed by atoms with E-state index < -0.39 is 5.97 Å². The molecular formula is C17H15Cl2NO4S. The first-order valence-electron chi connectivity index (χ1n) is 7.44. The highest BCUT2D eigenvalue weighted by atomic mass is 35.5. The van der Waals surface area contributed by atoms with E-state index in [0.29, 0.717) is 21.4 Å². The van der Waals surface area contributed by atoms with Gasteiger partial charge in [-0.2, -0.15) is 0 Å². The van der Waals surface area contributed by atoms with E-state index in [0.717, 1.165) is 11.3 Å². The normalized spacial score (nSPS) is 21.5. The van der Waals surface area contributed by atoms with Crippen molar-refractivity contribution >= 4 is 46.8 Å². The highest BCUT2D eigenvalue weighted by molar-refractivity contribution is 8.00. The molecule has 5 nitrogen and oxygen atoms in total. The second kappa shape index (κ2) is 7.32. The first kappa shape index (κ1) is 18.2. The second-order valence-electron chi connectivity index (χ2n) is 5.46. The second-order valence-corrected chi connectivity index (χ2v) is 7.56. The lowest BCUT2D eigenvalue weighted by atomic mass is 10.0. The largest absolute Gasteiger partial charge is 0.497 e. The van der Waals surface area contributed by atoms with Crippen molar-refractivity contribution < 1.29 is 19.1 Å². The van der Waals surface area contributed by atoms with E-state index in [1.165, 1.54) is 16.7 Å². The Labute approximate surface area is 159 Å². The first-order valence-corrected chi connectivity index (χ1v) is 9.24. The van der Waals surface area contributed by atoms with E-state index in [9.17, 15) is 9.59 Å². The van der Waals surface area contributed by atoms with Crippen LogP contribution in [0, 0.1) is 0 Å². The number of allylic oxidation sites excluding steroid dienone is 1. The standard InChI is InChI=1S/C17H15Cl2NO4S/c1-9(18)13-15(21)20-14(12(19)8-25-16(13)20)17(22)24-7-10-3-5-11(23-2)6-4-10/h3-6,16H,7-8H2,1-2H3/t16-/m0/s1. The summed E-state index contributed by atoms with van der Waals surface area (Å²) < 4.78 is 10.4. The van der Waals surface area contributed by atoms with Crippen LogP contribution in [0.3, 0.4) is 0 Å². The van der Waals surface area contributed by atoms with Gasteiger partial charge in [0, 0.05) is 10.8 Å². The number of carbonyl (C=O) groups excluding carboxylic acids is 2. The Morgan fingerprint density at radius 1 is 1.36 bits per heavy atom. The van der Waals surface area contributed by atoms with Crippen LogP contribution < -0.4 is 4.74 Å². The molecule has 132 valence electrons. The van der Waals surface area contributed by atoms with Crippen molar-refractivity contribution in [3.8, 4) is 5.75 Å². The first-order chi connectivity index (χ1) is 11.9. The molecule has 0 N–H and O–H groups in total. The van der Waals surface area contributed by atoms with Gasteiger partial charge in [0.2, 0.25) is 0 Å². The molecule has 3 rings (SSSR count). The van der Waals surface area contributed by atoms with Crippen LogP contribution in [0.15, 0.2) is 45.6 Å². The van der Waals surface area contributed by atoms with E-state index in [1.807, 2.05) is 0 Å². The number of thioether (sulfide) groups is 1. The van der Waals surface area contributed by atoms with Gasteiger partial charge in [0.1, 0.15) is 23.4 Å². The molecular weight excluding hydrogens is 385 g/mol. The summed E-state index contributed by atoms with van der Waals surface area (Å²) in [5.41, 5.74) is 1.42. The van der Waals surface area contributed by atoms with E-state index in [1.54, 1.807) is 38.3 Å². The highest BCUT2D eigenvalue weighted by Crippen LogP contribution is 2.46. The molecule has 0 unspecified atom stereocenters. The van der Waals surface area contributed by atoms with E-state index >= 15 is 0 Å². The van der Waals surface area contributed by atoms with Crippen molar-refractivity contribution in [1.82, 2.24) is 4.90 Å². The van der Waals surface area contributed by atoms with E-state index in [-0.39, 0.29) is 23.6 Å². The van der Waals surface area contributed by atoms with Crippen molar-refractivity contribution in [2.75, 3.05) is 12.9 Å². The molecule has 25 heavy (non-hydrogen) atoms. The summed E-state index contributed by atoms with van der Waals surface area (Å²) in [5.74, 6) is 0.219. The monoisotopic (exact) mass is 399 g/mol. The molecule has 0 radical (unpaired) electrons. The molecule has 1 amide bonds. The third kappa shape index (κ3) is 3.38. The zero-order valence-corrected chi connectivity index (χ0v) is 15.9. The van der Waals surface area contributed by atoms with Crippen LogP contribution >= 0.6 is 35.0 Å². The fraction of sp³-hybridized carbons (Fsp3) is 0.294. The van der Waals surface area contributed by atoms with Gasteiger partial charge in [-0.1, -0.05) is 35.3 Å². The van der Waals surface area contributed by atoms with Gasteiger partial charge in [-0.3, -0.25) is 9.69 Å². The van der Waals surface area contributed by atoms with Crippen molar-refractivity contribution in [2.24, 2.45) is 0 Å². The summed E-state index contributed by atoms with van der Waals surface area (Å²) in [6, 6.07) is 7.16. The lowest BCUT2D eigenvalue weighted by molar-refractivity contribution is -0.147. The molecule has 0 saturated carbocycles. The van der Waals surface area contributed by atoms with Crippen LogP contribution in [0.25, 0.3) is 0 Å². The van der Waals surface area contributed by atoms with Gasteiger partial charge in [0.15, 0.2) is 0 Å². The minimum Gasteiger partial charge on any atom is -0.497 e. The van der Waals surface area contributed by atoms with E-state index in [4.69, 9.17) is 32.7 Å². The Balaban J connectivity index is 1.72. The summed E-state index contributed by atoms with van der Waals surface area (Å²) in [6.07, 6.45) is 0. The summed E-state index contributed by atoms with van der Waals surface area (Å²) >= 11 is 13.6. The molecule has 0 spiro atoms. The molecule has 8 heteroatoms. The number of carbonyl (C=O) groups is 2. The predicted octanol–water partition coefficient (Wildman–Crippen LogP) is 3.62. The van der Waals surface area contributed by atoms with Crippen LogP contribution in [0.1, 0.15) is 12.5 Å². The zero-order valence-electron chi connectivity index (χ0n) is 13.5. The summed E-state index contributed by atoms with van der Waals surface area (Å²) in [4.78, 5) is 26.1. The van der Waals surface area contributed by atoms with E-state index in [2.05, 4.69) is 0 Å². The van der Waals surface area contributed by atoms with Gasteiger partial charge in [-0.05, 0) is 24.6 Å². The molecule has 2 heterocycles. The van der Waals surface area contributed by atoms with Gasteiger partial charge in [0.05, 0.1) is 17.7 Å². The number of rotatable bonds is 4. The summed E-state index contributed by atoms with van der Waals surface area (Å²) in [7, 11) is 1.58. The Morgan fingerprint density at radius 3 is 2.64 bits per heavy atom. The SMILES string of the molecule is COc1ccc(COC(=O)C2=C(Cl)CS[C@H]3C(=C(C)Cl)C(=O)N23)cc1. The van der Waals surface area contributed by atoms with Crippen LogP contribution in [-0.2, 0) is 20.9 Å². The Morgan fingerprint density at radius 2 is 2.04 bits per heavy atom. The fourth-order valence-corrected chi connectivity index (χ4v) is 4.44. The molecule has 0 aromatic heterocycles. The van der Waals surface area contributed by atoms with Crippen LogP contribution in [-0.4, -0.2) is 35.0 Å². The molecule has 1 atom stereocenters. The van der Waals surface area contributed by atoms with Gasteiger partial charge in [-0.25, -0.2) is 4.79 Å². The maximum atomic E-state index is 12.5. The number of amides is 1. The van der Waals surface area contributed by atoms with Crippen LogP contribution in [0.2, 0.25) is 0 Å². The average molecular weight is 400 g/mol. The Kier molecular flexibility index (Phi) is 5.32. The van der Waals surface area contributed by atoms with Crippen molar-refractivity contribution in [1.29, 1.82) is 0 Å². The molecule has 0 bridgehead atoms. The van der Waals surface area contributed by atoms with Crippen molar-refractivity contribution in [3.05, 3.63) is 51.2 Å². The molecule has 2 aliphatic rings. The zero-order chi connectivity index (χ0) is 18.1. The molecule has 1 fully saturated rings. The molecule has 1 aromatic rings. The van der Waals surface area contributed by atoms with Gasteiger partial charge >= 0.3 is 5.97 Å². The smallest absolute Gasteiger partial charge is 0.356 e. The lowest BCUT2D eigenvalue weighted by Crippen LogP contribution is -2.56. The number of ether oxygens (including phenoxy) is 2. The van der Waals surface area contributed by atoms with Crippen LogP contribution in [0.4, 0.5) is 0 Å². The number of methoxy groups -OCH3 is 1. The number of halogens is 2. The molecule has 0 aliphatic carbocycles. The van der Waals surface area contributed by atoms with Crippen molar-refractivity contribution in [2.45, 2.75) is 18.9 Å². The quantitative estimate of drug-likeness (QED) is 0.439. The van der Waals surface area contributed by atoms with Gasteiger partial charge < -0.3 is 9.47 Å². The topological polar surface area (TPSA) is 55.8 Å². The number of nitrogens with zero attached hydrogens (tertiary/aromatic N) is 1. The Hall–Kier alpha value is -1.63. The predicted molar refractivity (Wildman–Crippen MR) is 97.3 cm³/mol. The molecule has 1 aromatic carbocycles. The number of esters is 1. The summed E-state index contributed by atoms with van der Waals surface area (Å²) in [6.45, 7) is 1.74. The molecule has 2 aliphatic heterocycles. The van der Waals surface area contributed by atoms with Gasteiger partial charge in [-0.15, -0.1) is 11.8 Å². The van der Waals surface area contributed by atoms with Crippen molar-refractivity contribution in [3.63, 3.8) is 0 Å². The average Bonchev–Trinajstić information content (AvgIpc) is 2.60. The highest BCUT2D eigenvalue weighted by Gasteiger charge is 2.50.